The number of nitrogens with one attached hydrogen (secondary N) is 1. The number of anilines is 1. The second-order valence-corrected chi connectivity index (χ2v) is 5.30. The van der Waals surface area contributed by atoms with Gasteiger partial charge in [-0.05, 0) is 25.7 Å². The van der Waals surface area contributed by atoms with Crippen LogP contribution < -0.4 is 11.1 Å². The van der Waals surface area contributed by atoms with Gasteiger partial charge in [-0.2, -0.15) is 11.8 Å². The van der Waals surface area contributed by atoms with Crippen LogP contribution in [0.25, 0.3) is 0 Å². The summed E-state index contributed by atoms with van der Waals surface area (Å²) in [5, 5.41) is 2.98. The van der Waals surface area contributed by atoms with Crippen molar-refractivity contribution >= 4 is 23.4 Å². The second kappa shape index (κ2) is 6.59. The van der Waals surface area contributed by atoms with Crippen LogP contribution in [0.15, 0.2) is 12.3 Å². The lowest BCUT2D eigenvalue weighted by Gasteiger charge is -2.13. The van der Waals surface area contributed by atoms with Crippen LogP contribution in [0, 0.1) is 0 Å². The second-order valence-electron chi connectivity index (χ2n) is 3.98. The zero-order valence-corrected chi connectivity index (χ0v) is 11.5. The number of nitrogen functional groups attached to an aromatic ring is 1. The molecule has 0 aliphatic rings. The third-order valence-electron chi connectivity index (χ3n) is 2.44. The smallest absolute Gasteiger partial charge is 0.268 e. The van der Waals surface area contributed by atoms with Crippen LogP contribution in [0.4, 0.5) is 5.69 Å². The number of nitrogens with two attached hydrogens (primary N) is 1. The Kier molecular flexibility index (Phi) is 5.41. The number of nitrogens with zero attached hydrogens (tertiary/aromatic N) is 1. The lowest BCUT2D eigenvalue weighted by Crippen LogP contribution is -2.35. The standard InChI is InChI=1S/C12H21N3OS/c1-4-15-7-10(13)6-11(15)12(16)14-9(3)8-17-5-2/h6-7,9H,4-5,8,13H2,1-3H3,(H,14,16). The van der Waals surface area contributed by atoms with Gasteiger partial charge >= 0.3 is 0 Å². The van der Waals surface area contributed by atoms with Gasteiger partial charge in [-0.1, -0.05) is 6.92 Å². The molecule has 1 rings (SSSR count). The number of carbonyl (C=O) groups is 1. The first-order valence-corrected chi connectivity index (χ1v) is 7.08. The Balaban J connectivity index is 2.62. The van der Waals surface area contributed by atoms with Gasteiger partial charge < -0.3 is 15.6 Å². The molecule has 0 aliphatic heterocycles. The summed E-state index contributed by atoms with van der Waals surface area (Å²) >= 11 is 1.82. The highest BCUT2D eigenvalue weighted by molar-refractivity contribution is 7.99. The number of amides is 1. The Bertz CT molecular complexity index is 376. The zero-order valence-electron chi connectivity index (χ0n) is 10.7. The van der Waals surface area contributed by atoms with Crippen LogP contribution in [0.3, 0.4) is 0 Å². The normalized spacial score (nSPS) is 12.4. The number of aromatic nitrogens is 1. The van der Waals surface area contributed by atoms with Gasteiger partial charge in [0.15, 0.2) is 0 Å². The van der Waals surface area contributed by atoms with Gasteiger partial charge in [-0.25, -0.2) is 0 Å². The van der Waals surface area contributed by atoms with Crippen LogP contribution in [-0.4, -0.2) is 28.0 Å². The predicted molar refractivity (Wildman–Crippen MR) is 74.4 cm³/mol. The third kappa shape index (κ3) is 4.00. The molecule has 1 aromatic rings. The molecule has 1 amide bonds. The first-order chi connectivity index (χ1) is 8.08. The van der Waals surface area contributed by atoms with E-state index in [4.69, 9.17) is 5.73 Å². The van der Waals surface area contributed by atoms with Crippen molar-refractivity contribution in [2.75, 3.05) is 17.2 Å². The van der Waals surface area contributed by atoms with E-state index >= 15 is 0 Å². The van der Waals surface area contributed by atoms with E-state index in [2.05, 4.69) is 12.2 Å². The van der Waals surface area contributed by atoms with Gasteiger partial charge in [-0.3, -0.25) is 4.79 Å². The lowest BCUT2D eigenvalue weighted by molar-refractivity contribution is 0.0934. The average molecular weight is 255 g/mol. The Morgan fingerprint density at radius 1 is 1.59 bits per heavy atom. The summed E-state index contributed by atoms with van der Waals surface area (Å²) < 4.78 is 1.87. The summed E-state index contributed by atoms with van der Waals surface area (Å²) in [6.45, 7) is 6.87. The number of rotatable bonds is 6. The van der Waals surface area contributed by atoms with E-state index in [1.807, 2.05) is 30.2 Å². The van der Waals surface area contributed by atoms with Gasteiger partial charge in [0, 0.05) is 24.5 Å². The minimum atomic E-state index is -0.0484. The molecule has 0 spiro atoms. The Hall–Kier alpha value is -1.10. The van der Waals surface area contributed by atoms with Crippen LogP contribution in [0.5, 0.6) is 0 Å². The van der Waals surface area contributed by atoms with Gasteiger partial charge in [-0.15, -0.1) is 0 Å². The van der Waals surface area contributed by atoms with Crippen molar-refractivity contribution in [2.24, 2.45) is 0 Å². The summed E-state index contributed by atoms with van der Waals surface area (Å²) in [4.78, 5) is 12.0. The molecule has 0 radical (unpaired) electrons. The first kappa shape index (κ1) is 14.0. The maximum Gasteiger partial charge on any atom is 0.268 e. The van der Waals surface area contributed by atoms with Gasteiger partial charge in [0.1, 0.15) is 5.69 Å². The van der Waals surface area contributed by atoms with Crippen LogP contribution in [0.1, 0.15) is 31.3 Å². The Morgan fingerprint density at radius 2 is 2.29 bits per heavy atom. The minimum absolute atomic E-state index is 0.0484. The molecule has 4 nitrogen and oxygen atoms in total. The molecule has 3 N–H and O–H groups in total. The summed E-state index contributed by atoms with van der Waals surface area (Å²) in [6, 6.07) is 1.90. The molecule has 5 heteroatoms. The molecular formula is C12H21N3OS. The van der Waals surface area contributed by atoms with Gasteiger partial charge in [0.25, 0.3) is 5.91 Å². The van der Waals surface area contributed by atoms with Crippen LogP contribution in [-0.2, 0) is 6.54 Å². The van der Waals surface area contributed by atoms with E-state index in [9.17, 15) is 4.79 Å². The fraction of sp³-hybridized carbons (Fsp3) is 0.583. The molecular weight excluding hydrogens is 234 g/mol. The molecule has 1 heterocycles. The van der Waals surface area contributed by atoms with E-state index in [1.165, 1.54) is 0 Å². The van der Waals surface area contributed by atoms with Gasteiger partial charge in [0.2, 0.25) is 0 Å². The first-order valence-electron chi connectivity index (χ1n) is 5.92. The third-order valence-corrected chi connectivity index (χ3v) is 3.58. The Labute approximate surface area is 107 Å². The molecule has 0 aliphatic carbocycles. The van der Waals surface area contributed by atoms with E-state index < -0.39 is 0 Å². The van der Waals surface area contributed by atoms with Crippen molar-refractivity contribution in [3.8, 4) is 0 Å². The van der Waals surface area contributed by atoms with E-state index in [1.54, 1.807) is 12.3 Å². The number of hydrogen-bond acceptors (Lipinski definition) is 3. The van der Waals surface area contributed by atoms with Crippen molar-refractivity contribution in [1.29, 1.82) is 0 Å². The maximum atomic E-state index is 12.0. The van der Waals surface area contributed by atoms with E-state index in [0.29, 0.717) is 11.4 Å². The topological polar surface area (TPSA) is 60.1 Å². The molecule has 0 saturated carbocycles. The average Bonchev–Trinajstić information content (AvgIpc) is 2.67. The van der Waals surface area contributed by atoms with E-state index in [-0.39, 0.29) is 11.9 Å². The highest BCUT2D eigenvalue weighted by atomic mass is 32.2. The monoisotopic (exact) mass is 255 g/mol. The summed E-state index contributed by atoms with van der Waals surface area (Å²) in [5.41, 5.74) is 6.97. The van der Waals surface area contributed by atoms with Crippen molar-refractivity contribution in [3.05, 3.63) is 18.0 Å². The van der Waals surface area contributed by atoms with Crippen LogP contribution in [0.2, 0.25) is 0 Å². The number of carbonyl (C=O) groups excluding carboxylic acids is 1. The van der Waals surface area contributed by atoms with Crippen molar-refractivity contribution in [3.63, 3.8) is 0 Å². The molecule has 1 unspecified atom stereocenters. The summed E-state index contributed by atoms with van der Waals surface area (Å²) in [6.07, 6.45) is 1.79. The minimum Gasteiger partial charge on any atom is -0.397 e. The van der Waals surface area contributed by atoms with Crippen molar-refractivity contribution in [2.45, 2.75) is 33.4 Å². The zero-order chi connectivity index (χ0) is 12.8. The fourth-order valence-electron chi connectivity index (χ4n) is 1.62. The van der Waals surface area contributed by atoms with Crippen molar-refractivity contribution in [1.82, 2.24) is 9.88 Å². The van der Waals surface area contributed by atoms with Crippen LogP contribution >= 0.6 is 11.8 Å². The molecule has 0 fully saturated rings. The molecule has 96 valence electrons. The van der Waals surface area contributed by atoms with Gasteiger partial charge in [0.05, 0.1) is 5.69 Å². The van der Waals surface area contributed by atoms with Crippen molar-refractivity contribution < 1.29 is 4.79 Å². The molecule has 0 bridgehead atoms. The summed E-state index contributed by atoms with van der Waals surface area (Å²) in [5.74, 6) is 1.95. The molecule has 1 atom stereocenters. The SMILES string of the molecule is CCSCC(C)NC(=O)c1cc(N)cn1CC. The predicted octanol–water partition coefficient (Wildman–Crippen LogP) is 1.96. The number of thioether (sulfide) groups is 1. The molecule has 0 saturated heterocycles. The molecule has 17 heavy (non-hydrogen) atoms. The highest BCUT2D eigenvalue weighted by Crippen LogP contribution is 2.11. The Morgan fingerprint density at radius 3 is 2.88 bits per heavy atom. The maximum absolute atomic E-state index is 12.0. The summed E-state index contributed by atoms with van der Waals surface area (Å²) in [7, 11) is 0. The molecule has 1 aromatic heterocycles. The molecule has 0 aromatic carbocycles. The van der Waals surface area contributed by atoms with E-state index in [0.717, 1.165) is 18.1 Å². The highest BCUT2D eigenvalue weighted by Gasteiger charge is 2.14. The largest absolute Gasteiger partial charge is 0.397 e. The number of aryl methyl sites for hydroxylation is 1. The quantitative estimate of drug-likeness (QED) is 0.817. The number of hydrogen-bond donors (Lipinski definition) is 2. The lowest BCUT2D eigenvalue weighted by atomic mass is 10.3. The fourth-order valence-corrected chi connectivity index (χ4v) is 2.29.